The SMILES string of the molecule is CC(C)(C)[C@H](N)C(=O)NCCNC(=O)CC1CCCCC1.Cl. The molecule has 1 aliphatic rings. The van der Waals surface area contributed by atoms with E-state index in [-0.39, 0.29) is 29.6 Å². The first-order valence-corrected chi connectivity index (χ1v) is 8.10. The normalized spacial score (nSPS) is 17.3. The van der Waals surface area contributed by atoms with Crippen LogP contribution in [0.25, 0.3) is 0 Å². The molecule has 0 saturated heterocycles. The van der Waals surface area contributed by atoms with E-state index in [0.29, 0.717) is 25.4 Å². The number of nitrogens with two attached hydrogens (primary N) is 1. The lowest BCUT2D eigenvalue weighted by Crippen LogP contribution is -2.50. The molecule has 0 aliphatic heterocycles. The van der Waals surface area contributed by atoms with Crippen LogP contribution in [0, 0.1) is 11.3 Å². The quantitative estimate of drug-likeness (QED) is 0.650. The van der Waals surface area contributed by atoms with Crippen LogP contribution < -0.4 is 16.4 Å². The molecule has 0 unspecified atom stereocenters. The van der Waals surface area contributed by atoms with Crippen molar-refractivity contribution in [3.63, 3.8) is 0 Å². The summed E-state index contributed by atoms with van der Waals surface area (Å²) in [6.07, 6.45) is 6.76. The van der Waals surface area contributed by atoms with Gasteiger partial charge in [-0.15, -0.1) is 12.4 Å². The summed E-state index contributed by atoms with van der Waals surface area (Å²) in [5, 5.41) is 5.64. The van der Waals surface area contributed by atoms with Crippen LogP contribution in [0.15, 0.2) is 0 Å². The summed E-state index contributed by atoms with van der Waals surface area (Å²) < 4.78 is 0. The minimum absolute atomic E-state index is 0. The van der Waals surface area contributed by atoms with Gasteiger partial charge >= 0.3 is 0 Å². The average molecular weight is 334 g/mol. The van der Waals surface area contributed by atoms with Crippen LogP contribution in [0.2, 0.25) is 0 Å². The molecule has 22 heavy (non-hydrogen) atoms. The minimum Gasteiger partial charge on any atom is -0.354 e. The van der Waals surface area contributed by atoms with Crippen LogP contribution in [-0.4, -0.2) is 30.9 Å². The standard InChI is InChI=1S/C16H31N3O2.ClH/c1-16(2,3)14(17)15(21)19-10-9-18-13(20)11-12-7-5-4-6-8-12;/h12,14H,4-11,17H2,1-3H3,(H,18,20)(H,19,21);1H/t14-;/m1./s1. The summed E-state index contributed by atoms with van der Waals surface area (Å²) in [7, 11) is 0. The molecule has 1 fully saturated rings. The van der Waals surface area contributed by atoms with Crippen molar-refractivity contribution in [1.29, 1.82) is 0 Å². The molecule has 0 aromatic heterocycles. The Kier molecular flexibility index (Phi) is 9.69. The number of nitrogens with one attached hydrogen (secondary N) is 2. The van der Waals surface area contributed by atoms with E-state index in [4.69, 9.17) is 5.73 Å². The smallest absolute Gasteiger partial charge is 0.237 e. The zero-order valence-electron chi connectivity index (χ0n) is 14.1. The van der Waals surface area contributed by atoms with Crippen molar-refractivity contribution in [1.82, 2.24) is 10.6 Å². The zero-order chi connectivity index (χ0) is 15.9. The van der Waals surface area contributed by atoms with E-state index >= 15 is 0 Å². The molecule has 5 nitrogen and oxygen atoms in total. The number of hydrogen-bond donors (Lipinski definition) is 3. The van der Waals surface area contributed by atoms with Crippen LogP contribution in [0.5, 0.6) is 0 Å². The molecule has 0 radical (unpaired) electrons. The molecule has 4 N–H and O–H groups in total. The van der Waals surface area contributed by atoms with E-state index in [2.05, 4.69) is 10.6 Å². The third-order valence-corrected chi connectivity index (χ3v) is 4.16. The number of hydrogen-bond acceptors (Lipinski definition) is 3. The van der Waals surface area contributed by atoms with Gasteiger partial charge in [-0.25, -0.2) is 0 Å². The number of carbonyl (C=O) groups excluding carboxylic acids is 2. The molecular formula is C16H32ClN3O2. The zero-order valence-corrected chi connectivity index (χ0v) is 14.9. The molecular weight excluding hydrogens is 302 g/mol. The fourth-order valence-corrected chi connectivity index (χ4v) is 2.62. The Labute approximate surface area is 140 Å². The van der Waals surface area contributed by atoms with Gasteiger partial charge in [-0.3, -0.25) is 9.59 Å². The first kappa shape index (κ1) is 21.2. The van der Waals surface area contributed by atoms with Gasteiger partial charge in [-0.1, -0.05) is 40.0 Å². The highest BCUT2D eigenvalue weighted by atomic mass is 35.5. The third-order valence-electron chi connectivity index (χ3n) is 4.16. The van der Waals surface area contributed by atoms with Crippen LogP contribution >= 0.6 is 12.4 Å². The largest absolute Gasteiger partial charge is 0.354 e. The highest BCUT2D eigenvalue weighted by Gasteiger charge is 2.27. The van der Waals surface area contributed by atoms with Gasteiger partial charge in [-0.2, -0.15) is 0 Å². The maximum absolute atomic E-state index is 11.8. The average Bonchev–Trinajstić information content (AvgIpc) is 2.42. The maximum Gasteiger partial charge on any atom is 0.237 e. The summed E-state index contributed by atoms with van der Waals surface area (Å²) in [5.41, 5.74) is 5.60. The van der Waals surface area contributed by atoms with Crippen molar-refractivity contribution < 1.29 is 9.59 Å². The van der Waals surface area contributed by atoms with Crippen molar-refractivity contribution in [2.45, 2.75) is 65.3 Å². The van der Waals surface area contributed by atoms with Gasteiger partial charge in [0.2, 0.25) is 11.8 Å². The molecule has 2 amide bonds. The Balaban J connectivity index is 0.00000441. The highest BCUT2D eigenvalue weighted by Crippen LogP contribution is 2.25. The number of halogens is 1. The molecule has 130 valence electrons. The maximum atomic E-state index is 11.8. The third kappa shape index (κ3) is 7.99. The molecule has 1 rings (SSSR count). The number of amides is 2. The fraction of sp³-hybridized carbons (Fsp3) is 0.875. The summed E-state index contributed by atoms with van der Waals surface area (Å²) in [4.78, 5) is 23.6. The van der Waals surface area contributed by atoms with E-state index in [0.717, 1.165) is 0 Å². The lowest BCUT2D eigenvalue weighted by atomic mass is 9.87. The summed E-state index contributed by atoms with van der Waals surface area (Å²) in [5.74, 6) is 0.475. The Hall–Kier alpha value is -0.810. The molecule has 1 saturated carbocycles. The van der Waals surface area contributed by atoms with E-state index in [1.54, 1.807) is 0 Å². The van der Waals surface area contributed by atoms with E-state index in [9.17, 15) is 9.59 Å². The van der Waals surface area contributed by atoms with Crippen molar-refractivity contribution in [2.75, 3.05) is 13.1 Å². The second-order valence-electron chi connectivity index (χ2n) is 7.19. The molecule has 0 spiro atoms. The number of rotatable bonds is 6. The lowest BCUT2D eigenvalue weighted by molar-refractivity contribution is -0.125. The molecule has 0 bridgehead atoms. The lowest BCUT2D eigenvalue weighted by Gasteiger charge is -2.25. The van der Waals surface area contributed by atoms with Crippen molar-refractivity contribution >= 4 is 24.2 Å². The second kappa shape index (κ2) is 10.1. The first-order valence-electron chi connectivity index (χ1n) is 8.10. The van der Waals surface area contributed by atoms with Gasteiger partial charge < -0.3 is 16.4 Å². The van der Waals surface area contributed by atoms with Gasteiger partial charge in [0.15, 0.2) is 0 Å². The van der Waals surface area contributed by atoms with Crippen LogP contribution in [0.3, 0.4) is 0 Å². The second-order valence-corrected chi connectivity index (χ2v) is 7.19. The van der Waals surface area contributed by atoms with Gasteiger partial charge in [-0.05, 0) is 24.2 Å². The van der Waals surface area contributed by atoms with Crippen LogP contribution in [-0.2, 0) is 9.59 Å². The Morgan fingerprint density at radius 2 is 1.64 bits per heavy atom. The molecule has 0 aromatic rings. The first-order chi connectivity index (χ1) is 9.80. The summed E-state index contributed by atoms with van der Waals surface area (Å²) in [6.45, 7) is 6.70. The molecule has 1 aliphatic carbocycles. The van der Waals surface area contributed by atoms with Gasteiger partial charge in [0.05, 0.1) is 6.04 Å². The Morgan fingerprint density at radius 1 is 1.09 bits per heavy atom. The molecule has 1 atom stereocenters. The van der Waals surface area contributed by atoms with Crippen molar-refractivity contribution in [2.24, 2.45) is 17.1 Å². The van der Waals surface area contributed by atoms with E-state index in [1.165, 1.54) is 32.1 Å². The minimum atomic E-state index is -0.532. The molecule has 0 aromatic carbocycles. The summed E-state index contributed by atoms with van der Waals surface area (Å²) >= 11 is 0. The van der Waals surface area contributed by atoms with Crippen molar-refractivity contribution in [3.05, 3.63) is 0 Å². The van der Waals surface area contributed by atoms with Gasteiger partial charge in [0.25, 0.3) is 0 Å². The molecule has 6 heteroatoms. The van der Waals surface area contributed by atoms with Gasteiger partial charge in [0, 0.05) is 19.5 Å². The van der Waals surface area contributed by atoms with E-state index < -0.39 is 6.04 Å². The van der Waals surface area contributed by atoms with Gasteiger partial charge in [0.1, 0.15) is 0 Å². The highest BCUT2D eigenvalue weighted by molar-refractivity contribution is 5.85. The predicted octanol–water partition coefficient (Wildman–Crippen LogP) is 1.98. The summed E-state index contributed by atoms with van der Waals surface area (Å²) in [6, 6.07) is -0.532. The monoisotopic (exact) mass is 333 g/mol. The van der Waals surface area contributed by atoms with Crippen LogP contribution in [0.1, 0.15) is 59.3 Å². The van der Waals surface area contributed by atoms with Crippen LogP contribution in [0.4, 0.5) is 0 Å². The topological polar surface area (TPSA) is 84.2 Å². The Morgan fingerprint density at radius 3 is 2.18 bits per heavy atom. The van der Waals surface area contributed by atoms with Crippen molar-refractivity contribution in [3.8, 4) is 0 Å². The number of carbonyl (C=O) groups is 2. The molecule has 0 heterocycles. The fourth-order valence-electron chi connectivity index (χ4n) is 2.62. The van der Waals surface area contributed by atoms with E-state index in [1.807, 2.05) is 20.8 Å². The predicted molar refractivity (Wildman–Crippen MR) is 91.9 cm³/mol. The Bertz CT molecular complexity index is 350.